The van der Waals surface area contributed by atoms with Crippen molar-refractivity contribution in [2.75, 3.05) is 20.1 Å². The molecular formula is C16H25NO. The Morgan fingerprint density at radius 1 is 1.17 bits per heavy atom. The second kappa shape index (κ2) is 8.04. The lowest BCUT2D eigenvalue weighted by atomic mass is 10.0. The van der Waals surface area contributed by atoms with Crippen LogP contribution in [0.25, 0.3) is 0 Å². The number of hydrogen-bond acceptors (Lipinski definition) is 2. The van der Waals surface area contributed by atoms with E-state index in [0.717, 1.165) is 24.2 Å². The van der Waals surface area contributed by atoms with Gasteiger partial charge >= 0.3 is 0 Å². The van der Waals surface area contributed by atoms with Crippen molar-refractivity contribution in [2.45, 2.75) is 39.5 Å². The van der Waals surface area contributed by atoms with E-state index in [1.54, 1.807) is 0 Å². The molecular weight excluding hydrogens is 222 g/mol. The molecule has 0 heterocycles. The summed E-state index contributed by atoms with van der Waals surface area (Å²) < 4.78 is 0. The van der Waals surface area contributed by atoms with Crippen LogP contribution in [0.4, 0.5) is 0 Å². The summed E-state index contributed by atoms with van der Waals surface area (Å²) >= 11 is 0. The number of carbonyl (C=O) groups is 1. The SMILES string of the molecule is CCCCCN(C)CCC(=O)c1ccccc1C. The lowest BCUT2D eigenvalue weighted by Crippen LogP contribution is -2.23. The summed E-state index contributed by atoms with van der Waals surface area (Å²) in [6, 6.07) is 7.83. The molecule has 0 saturated carbocycles. The van der Waals surface area contributed by atoms with Crippen molar-refractivity contribution in [3.8, 4) is 0 Å². The van der Waals surface area contributed by atoms with Crippen LogP contribution in [0.3, 0.4) is 0 Å². The molecule has 0 aliphatic carbocycles. The molecule has 0 aliphatic rings. The van der Waals surface area contributed by atoms with Gasteiger partial charge in [0.25, 0.3) is 0 Å². The standard InChI is InChI=1S/C16H25NO/c1-4-5-8-12-17(3)13-11-16(18)15-10-7-6-9-14(15)2/h6-7,9-10H,4-5,8,11-13H2,1-3H3. The van der Waals surface area contributed by atoms with E-state index in [2.05, 4.69) is 18.9 Å². The Kier molecular flexibility index (Phi) is 6.66. The highest BCUT2D eigenvalue weighted by Crippen LogP contribution is 2.10. The van der Waals surface area contributed by atoms with Crippen LogP contribution in [0.15, 0.2) is 24.3 Å². The normalized spacial score (nSPS) is 10.9. The number of carbonyl (C=O) groups excluding carboxylic acids is 1. The number of rotatable bonds is 8. The molecule has 2 heteroatoms. The van der Waals surface area contributed by atoms with E-state index in [1.807, 2.05) is 31.2 Å². The minimum absolute atomic E-state index is 0.260. The molecule has 1 aromatic rings. The summed E-state index contributed by atoms with van der Waals surface area (Å²) in [5, 5.41) is 0. The number of hydrogen-bond donors (Lipinski definition) is 0. The predicted molar refractivity (Wildman–Crippen MR) is 77.1 cm³/mol. The van der Waals surface area contributed by atoms with Crippen molar-refractivity contribution >= 4 is 5.78 Å². The fraction of sp³-hybridized carbons (Fsp3) is 0.562. The first-order valence-electron chi connectivity index (χ1n) is 6.92. The maximum absolute atomic E-state index is 12.1. The minimum Gasteiger partial charge on any atom is -0.306 e. The Morgan fingerprint density at radius 2 is 1.89 bits per heavy atom. The van der Waals surface area contributed by atoms with Gasteiger partial charge in [-0.3, -0.25) is 4.79 Å². The Hall–Kier alpha value is -1.15. The smallest absolute Gasteiger partial charge is 0.164 e. The molecule has 0 fully saturated rings. The van der Waals surface area contributed by atoms with Crippen LogP contribution in [0.2, 0.25) is 0 Å². The second-order valence-electron chi connectivity index (χ2n) is 5.00. The first-order valence-corrected chi connectivity index (χ1v) is 6.92. The summed E-state index contributed by atoms with van der Waals surface area (Å²) in [5.74, 6) is 0.260. The van der Waals surface area contributed by atoms with Gasteiger partial charge in [0.15, 0.2) is 5.78 Å². The number of Topliss-reactive ketones (excluding diaryl/α,β-unsaturated/α-hetero) is 1. The summed E-state index contributed by atoms with van der Waals surface area (Å²) in [6.07, 6.45) is 4.37. The van der Waals surface area contributed by atoms with Crippen molar-refractivity contribution in [1.29, 1.82) is 0 Å². The molecule has 0 atom stereocenters. The van der Waals surface area contributed by atoms with Gasteiger partial charge in [-0.25, -0.2) is 0 Å². The lowest BCUT2D eigenvalue weighted by Gasteiger charge is -2.16. The summed E-state index contributed by atoms with van der Waals surface area (Å²) in [5.41, 5.74) is 1.95. The Morgan fingerprint density at radius 3 is 2.56 bits per heavy atom. The van der Waals surface area contributed by atoms with Crippen molar-refractivity contribution in [2.24, 2.45) is 0 Å². The van der Waals surface area contributed by atoms with Crippen molar-refractivity contribution in [1.82, 2.24) is 4.90 Å². The summed E-state index contributed by atoms with van der Waals surface area (Å²) in [6.45, 7) is 6.16. The molecule has 18 heavy (non-hydrogen) atoms. The fourth-order valence-corrected chi connectivity index (χ4v) is 2.06. The molecule has 0 radical (unpaired) electrons. The predicted octanol–water partition coefficient (Wildman–Crippen LogP) is 3.69. The van der Waals surface area contributed by atoms with E-state index in [4.69, 9.17) is 0 Å². The maximum atomic E-state index is 12.1. The first-order chi connectivity index (χ1) is 8.65. The van der Waals surface area contributed by atoms with Gasteiger partial charge in [-0.1, -0.05) is 44.0 Å². The minimum atomic E-state index is 0.260. The third-order valence-electron chi connectivity index (χ3n) is 3.31. The summed E-state index contributed by atoms with van der Waals surface area (Å²) in [7, 11) is 2.10. The zero-order valence-electron chi connectivity index (χ0n) is 11.9. The van der Waals surface area contributed by atoms with Gasteiger partial charge in [0.1, 0.15) is 0 Å². The number of ketones is 1. The molecule has 100 valence electrons. The highest BCUT2D eigenvalue weighted by atomic mass is 16.1. The highest BCUT2D eigenvalue weighted by molar-refractivity contribution is 5.97. The van der Waals surface area contributed by atoms with E-state index >= 15 is 0 Å². The first kappa shape index (κ1) is 14.9. The third kappa shape index (κ3) is 5.01. The molecule has 1 rings (SSSR count). The topological polar surface area (TPSA) is 20.3 Å². The molecule has 0 amide bonds. The molecule has 0 aromatic heterocycles. The Bertz CT molecular complexity index is 373. The summed E-state index contributed by atoms with van der Waals surface area (Å²) in [4.78, 5) is 14.3. The van der Waals surface area contributed by atoms with Gasteiger partial charge in [0.05, 0.1) is 0 Å². The average molecular weight is 247 g/mol. The quantitative estimate of drug-likeness (QED) is 0.516. The van der Waals surface area contributed by atoms with Gasteiger partial charge in [-0.05, 0) is 32.5 Å². The van der Waals surface area contributed by atoms with Crippen LogP contribution in [-0.4, -0.2) is 30.8 Å². The second-order valence-corrected chi connectivity index (χ2v) is 5.00. The van der Waals surface area contributed by atoms with E-state index in [0.29, 0.717) is 6.42 Å². The van der Waals surface area contributed by atoms with Gasteiger partial charge in [-0.2, -0.15) is 0 Å². The van der Waals surface area contributed by atoms with E-state index in [1.165, 1.54) is 19.3 Å². The van der Waals surface area contributed by atoms with Crippen molar-refractivity contribution in [3.05, 3.63) is 35.4 Å². The number of unbranched alkanes of at least 4 members (excludes halogenated alkanes) is 2. The van der Waals surface area contributed by atoms with Crippen LogP contribution in [0.1, 0.15) is 48.5 Å². The third-order valence-corrected chi connectivity index (χ3v) is 3.31. The molecule has 0 bridgehead atoms. The van der Waals surface area contributed by atoms with Crippen LogP contribution in [0, 0.1) is 6.92 Å². The van der Waals surface area contributed by atoms with Crippen molar-refractivity contribution < 1.29 is 4.79 Å². The highest BCUT2D eigenvalue weighted by Gasteiger charge is 2.09. The molecule has 0 unspecified atom stereocenters. The van der Waals surface area contributed by atoms with Crippen LogP contribution < -0.4 is 0 Å². The van der Waals surface area contributed by atoms with Gasteiger partial charge in [0, 0.05) is 18.5 Å². The Labute approximate surface area is 111 Å². The lowest BCUT2D eigenvalue weighted by molar-refractivity contribution is 0.0968. The zero-order chi connectivity index (χ0) is 13.4. The maximum Gasteiger partial charge on any atom is 0.164 e. The van der Waals surface area contributed by atoms with E-state index in [9.17, 15) is 4.79 Å². The molecule has 0 spiro atoms. The largest absolute Gasteiger partial charge is 0.306 e. The van der Waals surface area contributed by atoms with Crippen molar-refractivity contribution in [3.63, 3.8) is 0 Å². The fourth-order valence-electron chi connectivity index (χ4n) is 2.06. The zero-order valence-corrected chi connectivity index (χ0v) is 11.9. The van der Waals surface area contributed by atoms with Crippen LogP contribution in [-0.2, 0) is 0 Å². The number of nitrogens with zero attached hydrogens (tertiary/aromatic N) is 1. The molecule has 1 aromatic carbocycles. The monoisotopic (exact) mass is 247 g/mol. The Balaban J connectivity index is 2.35. The van der Waals surface area contributed by atoms with Crippen LogP contribution >= 0.6 is 0 Å². The van der Waals surface area contributed by atoms with Crippen LogP contribution in [0.5, 0.6) is 0 Å². The number of aryl methyl sites for hydroxylation is 1. The number of benzene rings is 1. The molecule has 0 N–H and O–H groups in total. The molecule has 0 aliphatic heterocycles. The van der Waals surface area contributed by atoms with Gasteiger partial charge in [-0.15, -0.1) is 0 Å². The molecule has 2 nitrogen and oxygen atoms in total. The van der Waals surface area contributed by atoms with Gasteiger partial charge < -0.3 is 4.90 Å². The van der Waals surface area contributed by atoms with E-state index in [-0.39, 0.29) is 5.78 Å². The van der Waals surface area contributed by atoms with Gasteiger partial charge in [0.2, 0.25) is 0 Å². The average Bonchev–Trinajstić information content (AvgIpc) is 2.37. The van der Waals surface area contributed by atoms with E-state index < -0.39 is 0 Å². The molecule has 0 saturated heterocycles.